The van der Waals surface area contributed by atoms with Gasteiger partial charge in [-0.05, 0) is 31.0 Å². The minimum atomic E-state index is -0.577. The maximum Gasteiger partial charge on any atom is 0.120 e. The summed E-state index contributed by atoms with van der Waals surface area (Å²) in [5.41, 5.74) is 0. The van der Waals surface area contributed by atoms with Gasteiger partial charge in [-0.3, -0.25) is 0 Å². The molecule has 120 valence electrons. The molecular weight excluding hydrogens is 290 g/mol. The van der Waals surface area contributed by atoms with Gasteiger partial charge in [0, 0.05) is 24.2 Å². The van der Waals surface area contributed by atoms with Crippen molar-refractivity contribution in [3.63, 3.8) is 0 Å². The van der Waals surface area contributed by atoms with E-state index in [9.17, 15) is 5.11 Å². The van der Waals surface area contributed by atoms with Gasteiger partial charge < -0.3 is 19.9 Å². The average molecular weight is 316 g/mol. The zero-order valence-corrected chi connectivity index (χ0v) is 13.8. The molecule has 21 heavy (non-hydrogen) atoms. The summed E-state index contributed by atoms with van der Waals surface area (Å²) < 4.78 is 11.0. The maximum absolute atomic E-state index is 9.97. The second-order valence-electron chi connectivity index (χ2n) is 5.34. The molecule has 0 saturated carbocycles. The van der Waals surface area contributed by atoms with Gasteiger partial charge in [-0.2, -0.15) is 0 Å². The zero-order valence-electron chi connectivity index (χ0n) is 13.0. The van der Waals surface area contributed by atoms with Crippen LogP contribution >= 0.6 is 11.6 Å². The van der Waals surface area contributed by atoms with Crippen molar-refractivity contribution in [3.8, 4) is 5.75 Å². The molecule has 0 aliphatic rings. The van der Waals surface area contributed by atoms with Gasteiger partial charge in [-0.15, -0.1) is 0 Å². The van der Waals surface area contributed by atoms with Crippen molar-refractivity contribution in [3.05, 3.63) is 29.3 Å². The molecule has 2 N–H and O–H groups in total. The van der Waals surface area contributed by atoms with Gasteiger partial charge in [-0.25, -0.2) is 0 Å². The smallest absolute Gasteiger partial charge is 0.120 e. The molecule has 0 fully saturated rings. The van der Waals surface area contributed by atoms with Crippen LogP contribution in [0.5, 0.6) is 5.75 Å². The number of benzene rings is 1. The van der Waals surface area contributed by atoms with Crippen LogP contribution in [0.15, 0.2) is 24.3 Å². The number of hydrogen-bond acceptors (Lipinski definition) is 4. The fourth-order valence-electron chi connectivity index (χ4n) is 1.83. The van der Waals surface area contributed by atoms with Crippen LogP contribution in [0, 0.1) is 5.92 Å². The summed E-state index contributed by atoms with van der Waals surface area (Å²) in [5.74, 6) is 1.11. The first-order valence-electron chi connectivity index (χ1n) is 7.40. The minimum absolute atomic E-state index is 0.228. The van der Waals surface area contributed by atoms with E-state index in [-0.39, 0.29) is 12.6 Å². The van der Waals surface area contributed by atoms with Crippen molar-refractivity contribution < 1.29 is 14.6 Å². The molecule has 2 unspecified atom stereocenters. The molecule has 0 aliphatic heterocycles. The molecule has 1 rings (SSSR count). The number of rotatable bonds is 10. The normalized spacial score (nSPS) is 14.2. The lowest BCUT2D eigenvalue weighted by atomic mass is 10.1. The molecule has 0 bridgehead atoms. The van der Waals surface area contributed by atoms with Crippen molar-refractivity contribution in [2.24, 2.45) is 5.92 Å². The van der Waals surface area contributed by atoms with Gasteiger partial charge in [0.1, 0.15) is 18.5 Å². The van der Waals surface area contributed by atoms with Crippen LogP contribution in [0.4, 0.5) is 0 Å². The molecule has 5 heteroatoms. The van der Waals surface area contributed by atoms with Crippen LogP contribution in [0.2, 0.25) is 5.02 Å². The molecule has 0 amide bonds. The fourth-order valence-corrected chi connectivity index (χ4v) is 2.01. The molecule has 0 spiro atoms. The SMILES string of the molecule is CCOCC(NCC(O)COc1cccc(Cl)c1)C(C)C. The lowest BCUT2D eigenvalue weighted by molar-refractivity contribution is 0.0799. The highest BCUT2D eigenvalue weighted by Crippen LogP contribution is 2.17. The Balaban J connectivity index is 2.30. The summed E-state index contributed by atoms with van der Waals surface area (Å²) in [6.07, 6.45) is -0.577. The molecule has 2 atom stereocenters. The quantitative estimate of drug-likeness (QED) is 0.697. The molecule has 4 nitrogen and oxygen atoms in total. The fraction of sp³-hybridized carbons (Fsp3) is 0.625. The van der Waals surface area contributed by atoms with Crippen LogP contribution in [-0.4, -0.2) is 43.6 Å². The van der Waals surface area contributed by atoms with Gasteiger partial charge in [0.2, 0.25) is 0 Å². The summed E-state index contributed by atoms with van der Waals surface area (Å²) in [6.45, 7) is 8.28. The monoisotopic (exact) mass is 315 g/mol. The van der Waals surface area contributed by atoms with Gasteiger partial charge in [0.25, 0.3) is 0 Å². The third kappa shape index (κ3) is 7.67. The van der Waals surface area contributed by atoms with E-state index in [4.69, 9.17) is 21.1 Å². The zero-order chi connectivity index (χ0) is 15.7. The standard InChI is InChI=1S/C16H26ClNO3/c1-4-20-11-16(12(2)3)18-9-14(19)10-21-15-7-5-6-13(17)8-15/h5-8,12,14,16,18-19H,4,9-11H2,1-3H3. The molecular formula is C16H26ClNO3. The van der Waals surface area contributed by atoms with Gasteiger partial charge in [0.05, 0.1) is 6.61 Å². The Morgan fingerprint density at radius 3 is 2.67 bits per heavy atom. The van der Waals surface area contributed by atoms with Crippen molar-refractivity contribution >= 4 is 11.6 Å². The number of aliphatic hydroxyl groups is 1. The Morgan fingerprint density at radius 1 is 1.29 bits per heavy atom. The predicted octanol–water partition coefficient (Wildman–Crippen LogP) is 2.73. The molecule has 0 heterocycles. The van der Waals surface area contributed by atoms with Crippen LogP contribution in [0.1, 0.15) is 20.8 Å². The Kier molecular flexibility index (Phi) is 8.69. The van der Waals surface area contributed by atoms with Crippen molar-refractivity contribution in [2.45, 2.75) is 32.9 Å². The van der Waals surface area contributed by atoms with E-state index >= 15 is 0 Å². The van der Waals surface area contributed by atoms with E-state index < -0.39 is 6.10 Å². The summed E-state index contributed by atoms with van der Waals surface area (Å²) in [4.78, 5) is 0. The molecule has 0 radical (unpaired) electrons. The Morgan fingerprint density at radius 2 is 2.05 bits per heavy atom. The highest BCUT2D eigenvalue weighted by Gasteiger charge is 2.15. The third-order valence-corrected chi connectivity index (χ3v) is 3.40. The first kappa shape index (κ1) is 18.2. The molecule has 0 saturated heterocycles. The Bertz CT molecular complexity index is 401. The van der Waals surface area contributed by atoms with E-state index in [1.165, 1.54) is 0 Å². The second-order valence-corrected chi connectivity index (χ2v) is 5.78. The number of hydrogen-bond donors (Lipinski definition) is 2. The molecule has 1 aromatic rings. The number of halogens is 1. The van der Waals surface area contributed by atoms with E-state index in [0.29, 0.717) is 36.4 Å². The van der Waals surface area contributed by atoms with Gasteiger partial charge >= 0.3 is 0 Å². The highest BCUT2D eigenvalue weighted by molar-refractivity contribution is 6.30. The summed E-state index contributed by atoms with van der Waals surface area (Å²) >= 11 is 5.88. The second kappa shape index (κ2) is 10.0. The predicted molar refractivity (Wildman–Crippen MR) is 86.1 cm³/mol. The van der Waals surface area contributed by atoms with Gasteiger partial charge in [0.15, 0.2) is 0 Å². The minimum Gasteiger partial charge on any atom is -0.491 e. The number of ether oxygens (including phenoxy) is 2. The van der Waals surface area contributed by atoms with E-state index in [1.807, 2.05) is 19.1 Å². The first-order chi connectivity index (χ1) is 10.0. The van der Waals surface area contributed by atoms with Crippen molar-refractivity contribution in [2.75, 3.05) is 26.4 Å². The summed E-state index contributed by atoms with van der Waals surface area (Å²) in [5, 5.41) is 13.9. The van der Waals surface area contributed by atoms with Crippen LogP contribution in [0.25, 0.3) is 0 Å². The van der Waals surface area contributed by atoms with Crippen LogP contribution in [0.3, 0.4) is 0 Å². The van der Waals surface area contributed by atoms with Crippen LogP contribution < -0.4 is 10.1 Å². The summed E-state index contributed by atoms with van der Waals surface area (Å²) in [7, 11) is 0. The lowest BCUT2D eigenvalue weighted by Gasteiger charge is -2.23. The number of nitrogens with one attached hydrogen (secondary N) is 1. The maximum atomic E-state index is 9.97. The largest absolute Gasteiger partial charge is 0.491 e. The van der Waals surface area contributed by atoms with Crippen molar-refractivity contribution in [1.29, 1.82) is 0 Å². The lowest BCUT2D eigenvalue weighted by Crippen LogP contribution is -2.43. The average Bonchev–Trinajstić information content (AvgIpc) is 2.45. The Labute approximate surface area is 132 Å². The summed E-state index contributed by atoms with van der Waals surface area (Å²) in [6, 6.07) is 7.38. The van der Waals surface area contributed by atoms with Crippen LogP contribution in [-0.2, 0) is 4.74 Å². The molecule has 0 aliphatic carbocycles. The Hall–Kier alpha value is -0.810. The van der Waals surface area contributed by atoms with E-state index in [2.05, 4.69) is 19.2 Å². The van der Waals surface area contributed by atoms with E-state index in [0.717, 1.165) is 0 Å². The third-order valence-electron chi connectivity index (χ3n) is 3.16. The topological polar surface area (TPSA) is 50.7 Å². The van der Waals surface area contributed by atoms with Crippen molar-refractivity contribution in [1.82, 2.24) is 5.32 Å². The van der Waals surface area contributed by atoms with Gasteiger partial charge in [-0.1, -0.05) is 31.5 Å². The molecule has 0 aromatic heterocycles. The molecule has 1 aromatic carbocycles. The number of aliphatic hydroxyl groups excluding tert-OH is 1. The first-order valence-corrected chi connectivity index (χ1v) is 7.78. The highest BCUT2D eigenvalue weighted by atomic mass is 35.5. The van der Waals surface area contributed by atoms with E-state index in [1.54, 1.807) is 12.1 Å².